The molecular weight excluding hydrogens is 447 g/mol. The van der Waals surface area contributed by atoms with Crippen LogP contribution in [0.15, 0.2) is 4.99 Å². The molecule has 182 valence electrons. The zero-order valence-electron chi connectivity index (χ0n) is 19.7. The third kappa shape index (κ3) is 17.3. The van der Waals surface area contributed by atoms with E-state index in [2.05, 4.69) is 26.9 Å². The summed E-state index contributed by atoms with van der Waals surface area (Å²) in [6, 6.07) is 0. The Morgan fingerprint density at radius 3 is 1.66 bits per heavy atom. The molecule has 0 spiro atoms. The maximum atomic E-state index is 11.7. The summed E-state index contributed by atoms with van der Waals surface area (Å²) in [5.41, 5.74) is 0. The minimum absolute atomic E-state index is 0.0387. The number of hydrogen-bond acceptors (Lipinski definition) is 6. The molecule has 0 unspecified atom stereocenters. The molecular formula is C24H40Cl2N4O2. The lowest BCUT2D eigenvalue weighted by molar-refractivity contribution is -0.142. The molecule has 0 aromatic carbocycles. The summed E-state index contributed by atoms with van der Waals surface area (Å²) in [5.74, 6) is -0.249. The molecule has 0 N–H and O–H groups in total. The molecule has 0 fully saturated rings. The van der Waals surface area contributed by atoms with Gasteiger partial charge in [-0.2, -0.15) is 15.0 Å². The molecule has 0 aliphatic carbocycles. The molecule has 0 saturated carbocycles. The minimum Gasteiger partial charge on any atom is -0.465 e. The second-order valence-corrected chi connectivity index (χ2v) is 8.89. The van der Waals surface area contributed by atoms with E-state index in [-0.39, 0.29) is 28.9 Å². The van der Waals surface area contributed by atoms with Crippen LogP contribution in [0.25, 0.3) is 0 Å². The molecule has 32 heavy (non-hydrogen) atoms. The van der Waals surface area contributed by atoms with Gasteiger partial charge in [0.1, 0.15) is 0 Å². The number of ether oxygens (including phenoxy) is 1. The number of carbonyl (C=O) groups excluding carboxylic acids is 1. The van der Waals surface area contributed by atoms with Crippen LogP contribution in [0, 0.1) is 0 Å². The van der Waals surface area contributed by atoms with E-state index in [9.17, 15) is 4.79 Å². The lowest BCUT2D eigenvalue weighted by Gasteiger charge is -2.04. The molecule has 0 bridgehead atoms. The van der Waals surface area contributed by atoms with Gasteiger partial charge in [0.25, 0.3) is 5.95 Å². The average Bonchev–Trinajstić information content (AvgIpc) is 2.75. The van der Waals surface area contributed by atoms with Crippen LogP contribution in [-0.4, -0.2) is 33.7 Å². The maximum Gasteiger partial charge on any atom is 0.311 e. The summed E-state index contributed by atoms with van der Waals surface area (Å²) >= 11 is 11.3. The first-order valence-electron chi connectivity index (χ1n) is 12.4. The van der Waals surface area contributed by atoms with Gasteiger partial charge in [0, 0.05) is 6.21 Å². The van der Waals surface area contributed by atoms with Gasteiger partial charge in [-0.3, -0.25) is 4.79 Å². The first kappa shape index (κ1) is 28.8. The fraction of sp³-hybridized carbons (Fsp3) is 0.792. The highest BCUT2D eigenvalue weighted by Gasteiger charge is 2.03. The van der Waals surface area contributed by atoms with E-state index in [0.717, 1.165) is 12.8 Å². The highest BCUT2D eigenvalue weighted by molar-refractivity contribution is 6.31. The fourth-order valence-electron chi connectivity index (χ4n) is 3.47. The van der Waals surface area contributed by atoms with Crippen LogP contribution in [0.3, 0.4) is 0 Å². The van der Waals surface area contributed by atoms with Crippen LogP contribution in [0.4, 0.5) is 5.95 Å². The van der Waals surface area contributed by atoms with Crippen molar-refractivity contribution in [3.63, 3.8) is 0 Å². The van der Waals surface area contributed by atoms with Gasteiger partial charge in [-0.25, -0.2) is 4.99 Å². The first-order valence-corrected chi connectivity index (χ1v) is 13.1. The van der Waals surface area contributed by atoms with Crippen molar-refractivity contribution in [2.45, 2.75) is 116 Å². The normalized spacial score (nSPS) is 11.3. The highest BCUT2D eigenvalue weighted by atomic mass is 35.5. The Hall–Kier alpha value is -1.27. The smallest absolute Gasteiger partial charge is 0.311 e. The molecule has 0 amide bonds. The third-order valence-corrected chi connectivity index (χ3v) is 5.63. The molecule has 1 aromatic rings. The molecule has 0 radical (unpaired) electrons. The molecule has 1 rings (SSSR count). The predicted octanol–water partition coefficient (Wildman–Crippen LogP) is 8.08. The van der Waals surface area contributed by atoms with Crippen molar-refractivity contribution in [2.24, 2.45) is 4.99 Å². The lowest BCUT2D eigenvalue weighted by atomic mass is 10.0. The Balaban J connectivity index is 1.84. The maximum absolute atomic E-state index is 11.7. The number of carbonyl (C=O) groups is 1. The van der Waals surface area contributed by atoms with Crippen LogP contribution >= 0.6 is 23.2 Å². The fourth-order valence-corrected chi connectivity index (χ4v) is 3.83. The van der Waals surface area contributed by atoms with Gasteiger partial charge in [-0.1, -0.05) is 103 Å². The number of hydrogen-bond donors (Lipinski definition) is 0. The number of aromatic nitrogens is 3. The van der Waals surface area contributed by atoms with E-state index in [1.165, 1.54) is 96.1 Å². The van der Waals surface area contributed by atoms with Gasteiger partial charge in [0.2, 0.25) is 10.6 Å². The Labute approximate surface area is 204 Å². The SMILES string of the molecule is CCCCCCCCCCCCCCCCCCOC(=O)CC=Nc1nc(Cl)nc(Cl)n1. The summed E-state index contributed by atoms with van der Waals surface area (Å²) < 4.78 is 5.21. The van der Waals surface area contributed by atoms with Crippen molar-refractivity contribution in [1.29, 1.82) is 0 Å². The van der Waals surface area contributed by atoms with Crippen LogP contribution < -0.4 is 0 Å². The van der Waals surface area contributed by atoms with E-state index in [4.69, 9.17) is 27.9 Å². The quantitative estimate of drug-likeness (QED) is 0.106. The predicted molar refractivity (Wildman–Crippen MR) is 133 cm³/mol. The van der Waals surface area contributed by atoms with Gasteiger partial charge in [0.15, 0.2) is 0 Å². The number of rotatable bonds is 20. The Morgan fingerprint density at radius 1 is 0.750 bits per heavy atom. The van der Waals surface area contributed by atoms with Crippen molar-refractivity contribution in [2.75, 3.05) is 6.61 Å². The van der Waals surface area contributed by atoms with Crippen LogP contribution in [0.2, 0.25) is 10.6 Å². The molecule has 0 atom stereocenters. The topological polar surface area (TPSA) is 77.3 Å². The van der Waals surface area contributed by atoms with E-state index in [0.29, 0.717) is 6.61 Å². The number of esters is 1. The van der Waals surface area contributed by atoms with Crippen LogP contribution in [0.1, 0.15) is 116 Å². The summed E-state index contributed by atoms with van der Waals surface area (Å²) in [5, 5.41) is -0.0774. The molecule has 0 saturated heterocycles. The van der Waals surface area contributed by atoms with Gasteiger partial charge in [-0.15, -0.1) is 0 Å². The largest absolute Gasteiger partial charge is 0.465 e. The second kappa shape index (κ2) is 20.3. The molecule has 0 aliphatic heterocycles. The third-order valence-electron chi connectivity index (χ3n) is 5.29. The van der Waals surface area contributed by atoms with Crippen LogP contribution in [0.5, 0.6) is 0 Å². The van der Waals surface area contributed by atoms with Crippen molar-refractivity contribution in [3.8, 4) is 0 Å². The van der Waals surface area contributed by atoms with Gasteiger partial charge in [0.05, 0.1) is 13.0 Å². The highest BCUT2D eigenvalue weighted by Crippen LogP contribution is 2.14. The van der Waals surface area contributed by atoms with Crippen molar-refractivity contribution in [3.05, 3.63) is 10.6 Å². The number of nitrogens with zero attached hydrogens (tertiary/aromatic N) is 4. The molecule has 1 heterocycles. The summed E-state index contributed by atoms with van der Waals surface area (Å²) in [6.07, 6.45) is 22.6. The monoisotopic (exact) mass is 486 g/mol. The van der Waals surface area contributed by atoms with Crippen molar-refractivity contribution in [1.82, 2.24) is 15.0 Å². The summed E-state index contributed by atoms with van der Waals surface area (Å²) in [4.78, 5) is 26.9. The van der Waals surface area contributed by atoms with Gasteiger partial charge in [-0.05, 0) is 29.6 Å². The molecule has 8 heteroatoms. The number of aliphatic imine (C=N–C) groups is 1. The zero-order chi connectivity index (χ0) is 23.3. The summed E-state index contributed by atoms with van der Waals surface area (Å²) in [6.45, 7) is 2.72. The van der Waals surface area contributed by atoms with Crippen molar-refractivity contribution >= 4 is 41.3 Å². The zero-order valence-corrected chi connectivity index (χ0v) is 21.2. The Kier molecular flexibility index (Phi) is 18.3. The average molecular weight is 488 g/mol. The van der Waals surface area contributed by atoms with Gasteiger partial charge >= 0.3 is 5.97 Å². The molecule has 0 aliphatic rings. The Morgan fingerprint density at radius 2 is 1.19 bits per heavy atom. The Bertz CT molecular complexity index is 624. The van der Waals surface area contributed by atoms with Crippen LogP contribution in [-0.2, 0) is 9.53 Å². The summed E-state index contributed by atoms with van der Waals surface area (Å²) in [7, 11) is 0. The number of halogens is 2. The minimum atomic E-state index is -0.319. The number of unbranched alkanes of at least 4 members (excludes halogenated alkanes) is 15. The van der Waals surface area contributed by atoms with E-state index in [1.54, 1.807) is 0 Å². The first-order chi connectivity index (χ1) is 15.6. The standard InChI is InChI=1S/C24H40Cl2N4O2/c1-2-3-4-5-6-7-8-9-10-11-12-13-14-15-16-17-20-32-21(31)18-19-27-24-29-22(25)28-23(26)30-24/h19H,2-18,20H2,1H3. The second-order valence-electron chi connectivity index (χ2n) is 8.21. The van der Waals surface area contributed by atoms with E-state index >= 15 is 0 Å². The van der Waals surface area contributed by atoms with Gasteiger partial charge < -0.3 is 4.74 Å². The van der Waals surface area contributed by atoms with E-state index in [1.807, 2.05) is 0 Å². The lowest BCUT2D eigenvalue weighted by Crippen LogP contribution is -2.06. The van der Waals surface area contributed by atoms with Crippen molar-refractivity contribution < 1.29 is 9.53 Å². The molecule has 6 nitrogen and oxygen atoms in total. The van der Waals surface area contributed by atoms with E-state index < -0.39 is 0 Å². The molecule has 1 aromatic heterocycles.